The predicted octanol–water partition coefficient (Wildman–Crippen LogP) is 5.05. The van der Waals surface area contributed by atoms with E-state index in [2.05, 4.69) is 15.4 Å². The highest BCUT2D eigenvalue weighted by Gasteiger charge is 2.16. The first kappa shape index (κ1) is 18.2. The van der Waals surface area contributed by atoms with Crippen LogP contribution in [0.1, 0.15) is 11.7 Å². The SMILES string of the molecule is O[C@@H](CNc1nn2cc(-c3ccc(F)cc3)nc2s1)c1c(Cl)cccc1Cl. The maximum Gasteiger partial charge on any atom is 0.214 e. The van der Waals surface area contributed by atoms with Crippen molar-refractivity contribution in [2.24, 2.45) is 0 Å². The van der Waals surface area contributed by atoms with Crippen molar-refractivity contribution in [2.45, 2.75) is 6.10 Å². The van der Waals surface area contributed by atoms with Gasteiger partial charge in [-0.3, -0.25) is 0 Å². The fraction of sp³-hybridized carbons (Fsp3) is 0.111. The first-order valence-electron chi connectivity index (χ1n) is 7.99. The van der Waals surface area contributed by atoms with Crippen LogP contribution in [-0.2, 0) is 0 Å². The smallest absolute Gasteiger partial charge is 0.214 e. The minimum atomic E-state index is -0.878. The monoisotopic (exact) mass is 422 g/mol. The van der Waals surface area contributed by atoms with Crippen LogP contribution in [-0.4, -0.2) is 26.2 Å². The van der Waals surface area contributed by atoms with Crippen molar-refractivity contribution in [1.82, 2.24) is 14.6 Å². The Kier molecular flexibility index (Phi) is 5.01. The summed E-state index contributed by atoms with van der Waals surface area (Å²) in [6.45, 7) is 0.199. The van der Waals surface area contributed by atoms with E-state index in [-0.39, 0.29) is 12.4 Å². The average Bonchev–Trinajstić information content (AvgIpc) is 3.19. The minimum Gasteiger partial charge on any atom is -0.386 e. The summed E-state index contributed by atoms with van der Waals surface area (Å²) >= 11 is 13.6. The van der Waals surface area contributed by atoms with E-state index in [4.69, 9.17) is 23.2 Å². The van der Waals surface area contributed by atoms with Gasteiger partial charge in [-0.15, -0.1) is 5.10 Å². The Morgan fingerprint density at radius 3 is 2.52 bits per heavy atom. The van der Waals surface area contributed by atoms with E-state index in [1.807, 2.05) is 0 Å². The fourth-order valence-electron chi connectivity index (χ4n) is 2.65. The topological polar surface area (TPSA) is 62.5 Å². The third-order valence-electron chi connectivity index (χ3n) is 3.96. The van der Waals surface area contributed by atoms with Crippen LogP contribution in [0.5, 0.6) is 0 Å². The molecule has 0 spiro atoms. The quantitative estimate of drug-likeness (QED) is 0.472. The zero-order chi connectivity index (χ0) is 19.0. The molecule has 0 unspecified atom stereocenters. The lowest BCUT2D eigenvalue weighted by Crippen LogP contribution is -2.13. The molecule has 0 radical (unpaired) electrons. The number of halogens is 3. The lowest BCUT2D eigenvalue weighted by Gasteiger charge is -2.14. The van der Waals surface area contributed by atoms with Gasteiger partial charge in [0.15, 0.2) is 0 Å². The molecule has 0 saturated carbocycles. The van der Waals surface area contributed by atoms with E-state index in [0.29, 0.717) is 31.4 Å². The molecule has 0 fully saturated rings. The number of nitrogens with one attached hydrogen (secondary N) is 1. The molecule has 0 bridgehead atoms. The van der Waals surface area contributed by atoms with Gasteiger partial charge in [-0.2, -0.15) is 0 Å². The molecule has 0 aliphatic rings. The third-order valence-corrected chi connectivity index (χ3v) is 5.50. The lowest BCUT2D eigenvalue weighted by atomic mass is 10.1. The van der Waals surface area contributed by atoms with Gasteiger partial charge in [0.25, 0.3) is 0 Å². The van der Waals surface area contributed by atoms with Gasteiger partial charge in [-0.05, 0) is 36.4 Å². The van der Waals surface area contributed by atoms with Gasteiger partial charge in [0.05, 0.1) is 18.0 Å². The van der Waals surface area contributed by atoms with Crippen molar-refractivity contribution < 1.29 is 9.50 Å². The van der Waals surface area contributed by atoms with Crippen molar-refractivity contribution in [3.63, 3.8) is 0 Å². The first-order valence-corrected chi connectivity index (χ1v) is 9.56. The van der Waals surface area contributed by atoms with Gasteiger partial charge in [0.1, 0.15) is 5.82 Å². The average molecular weight is 423 g/mol. The largest absolute Gasteiger partial charge is 0.386 e. The number of anilines is 1. The molecule has 2 heterocycles. The number of rotatable bonds is 5. The van der Waals surface area contributed by atoms with E-state index in [0.717, 1.165) is 5.56 Å². The molecule has 27 heavy (non-hydrogen) atoms. The molecule has 0 amide bonds. The number of aliphatic hydroxyl groups is 1. The summed E-state index contributed by atoms with van der Waals surface area (Å²) in [7, 11) is 0. The molecule has 4 rings (SSSR count). The summed E-state index contributed by atoms with van der Waals surface area (Å²) in [5.41, 5.74) is 2.00. The molecular formula is C18H13Cl2FN4OS. The van der Waals surface area contributed by atoms with Crippen LogP contribution in [0.4, 0.5) is 9.52 Å². The molecule has 0 saturated heterocycles. The summed E-state index contributed by atoms with van der Waals surface area (Å²) in [6, 6.07) is 11.2. The highest BCUT2D eigenvalue weighted by Crippen LogP contribution is 2.31. The molecule has 1 atom stereocenters. The maximum atomic E-state index is 13.0. The van der Waals surface area contributed by atoms with E-state index < -0.39 is 6.10 Å². The lowest BCUT2D eigenvalue weighted by molar-refractivity contribution is 0.192. The number of nitrogens with zero attached hydrogens (tertiary/aromatic N) is 3. The van der Waals surface area contributed by atoms with E-state index >= 15 is 0 Å². The highest BCUT2D eigenvalue weighted by atomic mass is 35.5. The summed E-state index contributed by atoms with van der Waals surface area (Å²) < 4.78 is 14.7. The van der Waals surface area contributed by atoms with Gasteiger partial charge in [-0.25, -0.2) is 13.9 Å². The Bertz CT molecular complexity index is 1040. The van der Waals surface area contributed by atoms with Gasteiger partial charge < -0.3 is 10.4 Å². The van der Waals surface area contributed by atoms with Crippen LogP contribution in [0.3, 0.4) is 0 Å². The van der Waals surface area contributed by atoms with Gasteiger partial charge in [0.2, 0.25) is 10.1 Å². The number of aliphatic hydroxyl groups excluding tert-OH is 1. The van der Waals surface area contributed by atoms with Crippen LogP contribution in [0.25, 0.3) is 16.2 Å². The van der Waals surface area contributed by atoms with Crippen LogP contribution in [0.2, 0.25) is 10.0 Å². The molecule has 0 aliphatic heterocycles. The number of hydrogen-bond acceptors (Lipinski definition) is 5. The number of aromatic nitrogens is 3. The number of hydrogen-bond donors (Lipinski definition) is 2. The Hall–Kier alpha value is -2.19. The Balaban J connectivity index is 1.48. The van der Waals surface area contributed by atoms with Crippen molar-refractivity contribution in [3.05, 3.63) is 70.1 Å². The Morgan fingerprint density at radius 1 is 1.15 bits per heavy atom. The molecule has 2 N–H and O–H groups in total. The normalized spacial score (nSPS) is 12.4. The molecule has 5 nitrogen and oxygen atoms in total. The van der Waals surface area contributed by atoms with Gasteiger partial charge in [0, 0.05) is 27.7 Å². The van der Waals surface area contributed by atoms with E-state index in [1.165, 1.54) is 23.5 Å². The van der Waals surface area contributed by atoms with Crippen LogP contribution < -0.4 is 5.32 Å². The third kappa shape index (κ3) is 3.77. The summed E-state index contributed by atoms with van der Waals surface area (Å²) in [5, 5.41) is 19.3. The van der Waals surface area contributed by atoms with Crippen LogP contribution >= 0.6 is 34.5 Å². The summed E-state index contributed by atoms with van der Waals surface area (Å²) in [4.78, 5) is 5.18. The zero-order valence-corrected chi connectivity index (χ0v) is 16.1. The van der Waals surface area contributed by atoms with Crippen molar-refractivity contribution in [3.8, 4) is 11.3 Å². The minimum absolute atomic E-state index is 0.199. The highest BCUT2D eigenvalue weighted by molar-refractivity contribution is 7.20. The molecule has 138 valence electrons. The Morgan fingerprint density at radius 2 is 1.85 bits per heavy atom. The number of fused-ring (bicyclic) bond motifs is 1. The van der Waals surface area contributed by atoms with Crippen LogP contribution in [0, 0.1) is 5.82 Å². The number of benzene rings is 2. The molecule has 2 aromatic carbocycles. The second kappa shape index (κ2) is 7.44. The van der Waals surface area contributed by atoms with Crippen LogP contribution in [0.15, 0.2) is 48.7 Å². The molecular weight excluding hydrogens is 410 g/mol. The van der Waals surface area contributed by atoms with Gasteiger partial charge >= 0.3 is 0 Å². The molecule has 0 aliphatic carbocycles. The first-order chi connectivity index (χ1) is 13.0. The number of imidazole rings is 1. The van der Waals surface area contributed by atoms with Gasteiger partial charge in [-0.1, -0.05) is 40.6 Å². The predicted molar refractivity (Wildman–Crippen MR) is 106 cm³/mol. The zero-order valence-electron chi connectivity index (χ0n) is 13.7. The van der Waals surface area contributed by atoms with Crippen molar-refractivity contribution in [1.29, 1.82) is 0 Å². The standard InChI is InChI=1S/C18H13Cl2FN4OS/c19-12-2-1-3-13(20)16(12)15(26)8-22-17-24-25-9-14(23-18(25)27-17)10-4-6-11(21)7-5-10/h1-7,9,15,26H,8H2,(H,22,24)/t15-/m0/s1. The molecule has 2 aromatic heterocycles. The molecule has 9 heteroatoms. The van der Waals surface area contributed by atoms with E-state index in [9.17, 15) is 9.50 Å². The second-order valence-corrected chi connectivity index (χ2v) is 7.57. The van der Waals surface area contributed by atoms with Crippen molar-refractivity contribution >= 4 is 44.6 Å². The van der Waals surface area contributed by atoms with E-state index in [1.54, 1.807) is 41.0 Å². The fourth-order valence-corrected chi connectivity index (χ4v) is 4.08. The maximum absolute atomic E-state index is 13.0. The Labute approximate surface area is 168 Å². The molecule has 4 aromatic rings. The van der Waals surface area contributed by atoms with Crippen molar-refractivity contribution in [2.75, 3.05) is 11.9 Å². The summed E-state index contributed by atoms with van der Waals surface area (Å²) in [6.07, 6.45) is 0.892. The summed E-state index contributed by atoms with van der Waals surface area (Å²) in [5.74, 6) is -0.290. The second-order valence-electron chi connectivity index (χ2n) is 5.80.